The van der Waals surface area contributed by atoms with Crippen molar-refractivity contribution in [1.29, 1.82) is 0 Å². The Morgan fingerprint density at radius 1 is 1.07 bits per heavy atom. The lowest BCUT2D eigenvalue weighted by molar-refractivity contribution is -0.176. The Balaban J connectivity index is 2.54. The van der Waals surface area contributed by atoms with E-state index in [0.29, 0.717) is 24.6 Å². The molecule has 28 heavy (non-hydrogen) atoms. The maximum Gasteiger partial charge on any atom is 0.411 e. The summed E-state index contributed by atoms with van der Waals surface area (Å²) in [4.78, 5) is 16.3. The van der Waals surface area contributed by atoms with Gasteiger partial charge >= 0.3 is 6.18 Å². The van der Waals surface area contributed by atoms with Crippen LogP contribution in [0.15, 0.2) is 29.3 Å². The third kappa shape index (κ3) is 11.4. The highest BCUT2D eigenvalue weighted by Gasteiger charge is 2.27. The number of rotatable bonds is 8. The molecule has 0 fully saturated rings. The second-order valence-corrected chi connectivity index (χ2v) is 7.27. The van der Waals surface area contributed by atoms with Crippen molar-refractivity contribution in [2.45, 2.75) is 52.6 Å². The summed E-state index contributed by atoms with van der Waals surface area (Å²) >= 11 is 0. The number of nitrogens with zero attached hydrogens (tertiary/aromatic N) is 1. The average Bonchev–Trinajstić information content (AvgIpc) is 2.56. The minimum Gasteiger partial charge on any atom is -0.367 e. The van der Waals surface area contributed by atoms with Crippen LogP contribution in [0.25, 0.3) is 0 Å². The van der Waals surface area contributed by atoms with Gasteiger partial charge in [0.15, 0.2) is 5.96 Å². The van der Waals surface area contributed by atoms with Gasteiger partial charge in [0.25, 0.3) is 0 Å². The van der Waals surface area contributed by atoms with Gasteiger partial charge in [-0.2, -0.15) is 13.2 Å². The topological polar surface area (TPSA) is 74.8 Å². The van der Waals surface area contributed by atoms with Crippen LogP contribution >= 0.6 is 0 Å². The number of hydrogen-bond acceptors (Lipinski definition) is 3. The fourth-order valence-electron chi connectivity index (χ4n) is 2.16. The maximum absolute atomic E-state index is 12.1. The van der Waals surface area contributed by atoms with Gasteiger partial charge in [0.2, 0.25) is 5.91 Å². The highest BCUT2D eigenvalue weighted by molar-refractivity contribution is 5.86. The Morgan fingerprint density at radius 2 is 1.68 bits per heavy atom. The van der Waals surface area contributed by atoms with Crippen LogP contribution in [0.5, 0.6) is 0 Å². The molecule has 0 spiro atoms. The van der Waals surface area contributed by atoms with Crippen molar-refractivity contribution < 1.29 is 22.7 Å². The van der Waals surface area contributed by atoms with E-state index in [-0.39, 0.29) is 24.6 Å². The first-order valence-electron chi connectivity index (χ1n) is 9.04. The van der Waals surface area contributed by atoms with Crippen LogP contribution in [0.1, 0.15) is 38.8 Å². The van der Waals surface area contributed by atoms with Crippen molar-refractivity contribution in [3.05, 3.63) is 35.4 Å². The van der Waals surface area contributed by atoms with Crippen molar-refractivity contribution in [2.24, 2.45) is 4.99 Å². The third-order valence-electron chi connectivity index (χ3n) is 3.25. The molecule has 0 bridgehead atoms. The molecule has 158 valence electrons. The van der Waals surface area contributed by atoms with E-state index in [4.69, 9.17) is 0 Å². The molecule has 9 heteroatoms. The van der Waals surface area contributed by atoms with Crippen molar-refractivity contribution in [2.75, 3.05) is 19.7 Å². The molecule has 3 N–H and O–H groups in total. The number of alkyl halides is 3. The number of hydrogen-bond donors (Lipinski definition) is 3. The number of aliphatic imine (C=N–C) groups is 1. The Hall–Kier alpha value is -2.29. The summed E-state index contributed by atoms with van der Waals surface area (Å²) in [5.41, 5.74) is 1.23. The number of halogens is 3. The predicted octanol–water partition coefficient (Wildman–Crippen LogP) is 2.74. The lowest BCUT2D eigenvalue weighted by Gasteiger charge is -2.21. The van der Waals surface area contributed by atoms with Crippen molar-refractivity contribution in [3.63, 3.8) is 0 Å². The van der Waals surface area contributed by atoms with Crippen LogP contribution in [0, 0.1) is 0 Å². The van der Waals surface area contributed by atoms with Crippen LogP contribution in [-0.2, 0) is 22.7 Å². The number of ether oxygens (including phenoxy) is 1. The molecule has 0 saturated heterocycles. The molecule has 1 aromatic carbocycles. The van der Waals surface area contributed by atoms with E-state index in [9.17, 15) is 18.0 Å². The van der Waals surface area contributed by atoms with Crippen LogP contribution in [-0.4, -0.2) is 43.3 Å². The molecule has 1 amide bonds. The minimum absolute atomic E-state index is 0.0958. The number of amides is 1. The summed E-state index contributed by atoms with van der Waals surface area (Å²) in [6.45, 7) is 7.37. The molecule has 0 aliphatic carbocycles. The largest absolute Gasteiger partial charge is 0.411 e. The molecule has 1 rings (SSSR count). The van der Waals surface area contributed by atoms with Crippen LogP contribution < -0.4 is 16.0 Å². The van der Waals surface area contributed by atoms with Gasteiger partial charge in [-0.15, -0.1) is 0 Å². The zero-order chi connectivity index (χ0) is 21.2. The van der Waals surface area contributed by atoms with Crippen LogP contribution in [0.3, 0.4) is 0 Å². The lowest BCUT2D eigenvalue weighted by atomic mass is 10.1. The fraction of sp³-hybridized carbons (Fsp3) is 0.579. The summed E-state index contributed by atoms with van der Waals surface area (Å²) in [5, 5.41) is 8.88. The molecule has 0 aliphatic heterocycles. The Bertz CT molecular complexity index is 638. The van der Waals surface area contributed by atoms with Crippen LogP contribution in [0.2, 0.25) is 0 Å². The standard InChI is InChI=1S/C19H29F3N4O2/c1-5-23-17(25-11-16(27)26-18(2,3)4)24-10-14-6-8-15(9-7-14)12-28-13-19(20,21)22/h6-9H,5,10-13H2,1-4H3,(H,26,27)(H2,23,24,25). The second kappa shape index (κ2) is 10.9. The zero-order valence-electron chi connectivity index (χ0n) is 16.7. The Morgan fingerprint density at radius 3 is 2.21 bits per heavy atom. The van der Waals surface area contributed by atoms with Gasteiger partial charge in [0, 0.05) is 12.1 Å². The zero-order valence-corrected chi connectivity index (χ0v) is 16.7. The molecule has 6 nitrogen and oxygen atoms in total. The lowest BCUT2D eigenvalue weighted by Crippen LogP contribution is -2.48. The van der Waals surface area contributed by atoms with Gasteiger partial charge in [-0.3, -0.25) is 4.79 Å². The van der Waals surface area contributed by atoms with E-state index < -0.39 is 12.8 Å². The Kier molecular flexibility index (Phi) is 9.24. The summed E-state index contributed by atoms with van der Waals surface area (Å²) in [7, 11) is 0. The number of nitrogens with one attached hydrogen (secondary N) is 3. The second-order valence-electron chi connectivity index (χ2n) is 7.27. The predicted molar refractivity (Wildman–Crippen MR) is 103 cm³/mol. The normalized spacial score (nSPS) is 12.6. The first-order chi connectivity index (χ1) is 13.0. The van der Waals surface area contributed by atoms with E-state index in [0.717, 1.165) is 5.56 Å². The molecular weight excluding hydrogens is 373 g/mol. The van der Waals surface area contributed by atoms with Crippen molar-refractivity contribution in [1.82, 2.24) is 16.0 Å². The number of carbonyl (C=O) groups excluding carboxylic acids is 1. The monoisotopic (exact) mass is 402 g/mol. The summed E-state index contributed by atoms with van der Waals surface area (Å²) in [5.74, 6) is 0.366. The van der Waals surface area contributed by atoms with Gasteiger partial charge in [0.05, 0.1) is 19.7 Å². The van der Waals surface area contributed by atoms with E-state index in [2.05, 4.69) is 25.7 Å². The molecule has 0 saturated carbocycles. The molecule has 0 heterocycles. The van der Waals surface area contributed by atoms with Crippen molar-refractivity contribution >= 4 is 11.9 Å². The van der Waals surface area contributed by atoms with E-state index >= 15 is 0 Å². The summed E-state index contributed by atoms with van der Waals surface area (Å²) in [6, 6.07) is 6.98. The number of guanidine groups is 1. The van der Waals surface area contributed by atoms with E-state index in [1.807, 2.05) is 27.7 Å². The smallest absolute Gasteiger partial charge is 0.367 e. The van der Waals surface area contributed by atoms with Crippen molar-refractivity contribution in [3.8, 4) is 0 Å². The summed E-state index contributed by atoms with van der Waals surface area (Å²) < 4.78 is 40.9. The number of carbonyl (C=O) groups is 1. The van der Waals surface area contributed by atoms with E-state index in [1.54, 1.807) is 24.3 Å². The van der Waals surface area contributed by atoms with Gasteiger partial charge < -0.3 is 20.7 Å². The summed E-state index contributed by atoms with van der Waals surface area (Å²) in [6.07, 6.45) is -4.33. The highest BCUT2D eigenvalue weighted by atomic mass is 19.4. The first-order valence-corrected chi connectivity index (χ1v) is 9.04. The highest BCUT2D eigenvalue weighted by Crippen LogP contribution is 2.16. The minimum atomic E-state index is -4.33. The Labute approximate surface area is 163 Å². The fourth-order valence-corrected chi connectivity index (χ4v) is 2.16. The molecule has 0 atom stereocenters. The molecule has 0 radical (unpaired) electrons. The molecule has 0 aliphatic rings. The quantitative estimate of drug-likeness (QED) is 0.462. The first kappa shape index (κ1) is 23.7. The van der Waals surface area contributed by atoms with Gasteiger partial charge in [-0.05, 0) is 38.8 Å². The molecular formula is C19H29F3N4O2. The van der Waals surface area contributed by atoms with Gasteiger partial charge in [-0.1, -0.05) is 24.3 Å². The number of benzene rings is 1. The van der Waals surface area contributed by atoms with E-state index in [1.165, 1.54) is 0 Å². The average molecular weight is 402 g/mol. The van der Waals surface area contributed by atoms with Gasteiger partial charge in [-0.25, -0.2) is 4.99 Å². The third-order valence-corrected chi connectivity index (χ3v) is 3.25. The molecule has 0 aromatic heterocycles. The molecule has 0 unspecified atom stereocenters. The van der Waals surface area contributed by atoms with Crippen LogP contribution in [0.4, 0.5) is 13.2 Å². The SMILES string of the molecule is CCNC(=NCc1ccc(COCC(F)(F)F)cc1)NCC(=O)NC(C)(C)C. The molecule has 1 aromatic rings. The maximum atomic E-state index is 12.1. The van der Waals surface area contributed by atoms with Gasteiger partial charge in [0.1, 0.15) is 6.61 Å².